The zero-order valence-corrected chi connectivity index (χ0v) is 8.70. The van der Waals surface area contributed by atoms with E-state index >= 15 is 0 Å². The first-order valence-electron chi connectivity index (χ1n) is 4.52. The molecule has 2 rings (SSSR count). The number of nitrogens with two attached hydrogens (primary N) is 1. The number of rotatable bonds is 2. The summed E-state index contributed by atoms with van der Waals surface area (Å²) in [7, 11) is 1.19. The molecule has 0 aliphatic carbocycles. The second kappa shape index (κ2) is 3.93. The third kappa shape index (κ3) is 1.75. The zero-order valence-electron chi connectivity index (χ0n) is 8.70. The first-order valence-corrected chi connectivity index (χ1v) is 4.52. The van der Waals surface area contributed by atoms with Gasteiger partial charge in [0.2, 0.25) is 11.7 Å². The maximum atomic E-state index is 13.6. The van der Waals surface area contributed by atoms with Crippen LogP contribution in [0.2, 0.25) is 0 Å². The molecule has 0 aliphatic rings. The molecule has 0 saturated heterocycles. The van der Waals surface area contributed by atoms with Crippen molar-refractivity contribution in [1.29, 1.82) is 0 Å². The van der Waals surface area contributed by atoms with Gasteiger partial charge in [0.05, 0.1) is 7.11 Å². The lowest BCUT2D eigenvalue weighted by Gasteiger charge is -2.07. The van der Waals surface area contributed by atoms with Crippen LogP contribution in [-0.2, 0) is 0 Å². The van der Waals surface area contributed by atoms with E-state index in [-0.39, 0.29) is 22.9 Å². The third-order valence-electron chi connectivity index (χ3n) is 2.17. The second-order valence-electron chi connectivity index (χ2n) is 3.22. The van der Waals surface area contributed by atoms with E-state index < -0.39 is 17.4 Å². The number of halogens is 2. The number of anilines is 1. The van der Waals surface area contributed by atoms with Gasteiger partial charge in [-0.15, -0.1) is 0 Å². The van der Waals surface area contributed by atoms with Gasteiger partial charge in [-0.25, -0.2) is 4.39 Å². The number of phenolic OH excluding ortho intramolecular Hbond substituents is 1. The molecule has 0 saturated carbocycles. The Morgan fingerprint density at radius 2 is 2.06 bits per heavy atom. The lowest BCUT2D eigenvalue weighted by molar-refractivity contribution is 0.351. The number of aromatic nitrogens is 1. The Kier molecular flexibility index (Phi) is 2.58. The quantitative estimate of drug-likeness (QED) is 0.840. The summed E-state index contributed by atoms with van der Waals surface area (Å²) in [6.07, 6.45) is 0. The first kappa shape index (κ1) is 11.2. The van der Waals surface area contributed by atoms with Crippen LogP contribution in [0.5, 0.6) is 11.5 Å². The van der Waals surface area contributed by atoms with E-state index in [0.717, 1.165) is 6.07 Å². The fraction of sp³-hybridized carbons (Fsp3) is 0.100. The summed E-state index contributed by atoms with van der Waals surface area (Å²) in [5.41, 5.74) is 5.16. The van der Waals surface area contributed by atoms with Gasteiger partial charge in [-0.3, -0.25) is 0 Å². The van der Waals surface area contributed by atoms with Crippen LogP contribution >= 0.6 is 0 Å². The SMILES string of the molecule is COc1cc(-c2cc(N)on2)c(F)c(O)c1F. The maximum absolute atomic E-state index is 13.6. The van der Waals surface area contributed by atoms with Crippen LogP contribution < -0.4 is 10.5 Å². The van der Waals surface area contributed by atoms with E-state index in [0.29, 0.717) is 0 Å². The molecule has 0 spiro atoms. The highest BCUT2D eigenvalue weighted by atomic mass is 19.1. The standard InChI is InChI=1S/C10H8F2N2O3/c1-16-6-2-4(5-3-7(13)17-14-5)8(11)10(15)9(6)12/h2-3,15H,13H2,1H3. The first-order chi connectivity index (χ1) is 8.04. The van der Waals surface area contributed by atoms with Crippen molar-refractivity contribution in [3.63, 3.8) is 0 Å². The summed E-state index contributed by atoms with van der Waals surface area (Å²) in [6.45, 7) is 0. The Balaban J connectivity index is 2.66. The van der Waals surface area contributed by atoms with Crippen molar-refractivity contribution in [1.82, 2.24) is 5.16 Å². The van der Waals surface area contributed by atoms with Gasteiger partial charge in [-0.1, -0.05) is 5.16 Å². The van der Waals surface area contributed by atoms with Gasteiger partial charge >= 0.3 is 0 Å². The lowest BCUT2D eigenvalue weighted by atomic mass is 10.1. The Morgan fingerprint density at radius 3 is 2.59 bits per heavy atom. The molecule has 90 valence electrons. The molecule has 0 fully saturated rings. The van der Waals surface area contributed by atoms with Crippen LogP contribution in [0.1, 0.15) is 0 Å². The molecule has 1 aromatic carbocycles. The van der Waals surface area contributed by atoms with Gasteiger partial charge in [0.1, 0.15) is 5.69 Å². The minimum Gasteiger partial charge on any atom is -0.503 e. The molecule has 1 heterocycles. The van der Waals surface area contributed by atoms with E-state index in [1.807, 2.05) is 0 Å². The topological polar surface area (TPSA) is 81.5 Å². The fourth-order valence-electron chi connectivity index (χ4n) is 1.35. The molecule has 1 aromatic heterocycles. The van der Waals surface area contributed by atoms with E-state index in [1.54, 1.807) is 0 Å². The molecule has 2 aromatic rings. The summed E-state index contributed by atoms with van der Waals surface area (Å²) in [6, 6.07) is 2.30. The van der Waals surface area contributed by atoms with Crippen molar-refractivity contribution < 1.29 is 23.1 Å². The number of benzene rings is 1. The predicted molar refractivity (Wildman–Crippen MR) is 54.5 cm³/mol. The Hall–Kier alpha value is -2.31. The molecule has 0 atom stereocenters. The summed E-state index contributed by atoms with van der Waals surface area (Å²) in [4.78, 5) is 0. The number of nitrogen functional groups attached to an aromatic ring is 1. The molecule has 5 nitrogen and oxygen atoms in total. The largest absolute Gasteiger partial charge is 0.503 e. The van der Waals surface area contributed by atoms with Crippen molar-refractivity contribution in [3.8, 4) is 22.8 Å². The van der Waals surface area contributed by atoms with Crippen LogP contribution in [0.4, 0.5) is 14.7 Å². The number of methoxy groups -OCH3 is 1. The molecule has 0 unspecified atom stereocenters. The molecular weight excluding hydrogens is 234 g/mol. The fourth-order valence-corrected chi connectivity index (χ4v) is 1.35. The van der Waals surface area contributed by atoms with Crippen LogP contribution in [0.15, 0.2) is 16.7 Å². The van der Waals surface area contributed by atoms with Crippen LogP contribution in [0.3, 0.4) is 0 Å². The summed E-state index contributed by atoms with van der Waals surface area (Å²) >= 11 is 0. The second-order valence-corrected chi connectivity index (χ2v) is 3.22. The molecular formula is C10H8F2N2O3. The number of hydrogen-bond acceptors (Lipinski definition) is 5. The summed E-state index contributed by atoms with van der Waals surface area (Å²) in [5, 5.41) is 12.7. The van der Waals surface area contributed by atoms with E-state index in [4.69, 9.17) is 5.73 Å². The normalized spacial score (nSPS) is 10.5. The summed E-state index contributed by atoms with van der Waals surface area (Å²) in [5.74, 6) is -3.80. The average molecular weight is 242 g/mol. The van der Waals surface area contributed by atoms with Crippen molar-refractivity contribution in [2.24, 2.45) is 0 Å². The number of phenols is 1. The van der Waals surface area contributed by atoms with Gasteiger partial charge < -0.3 is 20.1 Å². The number of hydrogen-bond donors (Lipinski definition) is 2. The van der Waals surface area contributed by atoms with Gasteiger partial charge in [0, 0.05) is 11.6 Å². The minimum atomic E-state index is -1.18. The van der Waals surface area contributed by atoms with Crippen LogP contribution in [-0.4, -0.2) is 17.4 Å². The van der Waals surface area contributed by atoms with Crippen LogP contribution in [0, 0.1) is 11.6 Å². The highest BCUT2D eigenvalue weighted by Gasteiger charge is 2.21. The van der Waals surface area contributed by atoms with Crippen molar-refractivity contribution >= 4 is 5.88 Å². The number of ether oxygens (including phenoxy) is 1. The zero-order chi connectivity index (χ0) is 12.6. The van der Waals surface area contributed by atoms with Crippen LogP contribution in [0.25, 0.3) is 11.3 Å². The Morgan fingerprint density at radius 1 is 1.35 bits per heavy atom. The molecule has 0 radical (unpaired) electrons. The lowest BCUT2D eigenvalue weighted by Crippen LogP contribution is -1.94. The Labute approximate surface area is 94.4 Å². The predicted octanol–water partition coefficient (Wildman–Crippen LogP) is 1.92. The van der Waals surface area contributed by atoms with Gasteiger partial charge in [0.25, 0.3) is 0 Å². The average Bonchev–Trinajstić information content (AvgIpc) is 2.73. The van der Waals surface area contributed by atoms with Crippen molar-refractivity contribution in [2.45, 2.75) is 0 Å². The van der Waals surface area contributed by atoms with Gasteiger partial charge in [-0.05, 0) is 6.07 Å². The highest BCUT2D eigenvalue weighted by molar-refractivity contribution is 5.66. The van der Waals surface area contributed by atoms with Gasteiger partial charge in [0.15, 0.2) is 17.3 Å². The monoisotopic (exact) mass is 242 g/mol. The van der Waals surface area contributed by atoms with E-state index in [1.165, 1.54) is 13.2 Å². The highest BCUT2D eigenvalue weighted by Crippen LogP contribution is 2.36. The Bertz CT molecular complexity index is 569. The number of nitrogens with zero attached hydrogens (tertiary/aromatic N) is 1. The molecule has 0 amide bonds. The minimum absolute atomic E-state index is 0.0258. The molecule has 0 aliphatic heterocycles. The molecule has 3 N–H and O–H groups in total. The van der Waals surface area contributed by atoms with E-state index in [9.17, 15) is 13.9 Å². The van der Waals surface area contributed by atoms with Gasteiger partial charge in [-0.2, -0.15) is 4.39 Å². The number of aromatic hydroxyl groups is 1. The molecule has 7 heteroatoms. The maximum Gasteiger partial charge on any atom is 0.222 e. The third-order valence-corrected chi connectivity index (χ3v) is 2.17. The summed E-state index contributed by atoms with van der Waals surface area (Å²) < 4.78 is 36.1. The molecule has 0 bridgehead atoms. The molecule has 17 heavy (non-hydrogen) atoms. The van der Waals surface area contributed by atoms with E-state index in [2.05, 4.69) is 14.4 Å². The smallest absolute Gasteiger partial charge is 0.222 e. The van der Waals surface area contributed by atoms with Crippen molar-refractivity contribution in [2.75, 3.05) is 12.8 Å². The van der Waals surface area contributed by atoms with Crippen molar-refractivity contribution in [3.05, 3.63) is 23.8 Å².